The van der Waals surface area contributed by atoms with Crippen LogP contribution in [-0.4, -0.2) is 36.5 Å². The van der Waals surface area contributed by atoms with E-state index in [2.05, 4.69) is 4.90 Å². The first kappa shape index (κ1) is 10.9. The zero-order valence-electron chi connectivity index (χ0n) is 8.32. The predicted molar refractivity (Wildman–Crippen MR) is 48.9 cm³/mol. The fraction of sp³-hybridized carbons (Fsp3) is 1.00. The minimum absolute atomic E-state index is 0.187. The summed E-state index contributed by atoms with van der Waals surface area (Å²) in [5, 5.41) is 0. The lowest BCUT2D eigenvalue weighted by Crippen LogP contribution is -2.51. The number of nitrogens with zero attached hydrogens (tertiary/aromatic N) is 1. The van der Waals surface area contributed by atoms with Gasteiger partial charge in [-0.15, -0.1) is 0 Å². The average molecular weight is 192 g/mol. The van der Waals surface area contributed by atoms with Gasteiger partial charge in [0, 0.05) is 12.0 Å². The number of likely N-dealkylation sites (tertiary alicyclic amines) is 1. The number of rotatable bonds is 2. The third-order valence-electron chi connectivity index (χ3n) is 2.65. The molecule has 0 unspecified atom stereocenters. The molecular formula is C9H18F2N2. The van der Waals surface area contributed by atoms with E-state index in [1.165, 1.54) is 0 Å². The van der Waals surface area contributed by atoms with Crippen molar-refractivity contribution < 1.29 is 8.78 Å². The van der Waals surface area contributed by atoms with Gasteiger partial charge in [-0.05, 0) is 39.9 Å². The molecule has 0 bridgehead atoms. The highest BCUT2D eigenvalue weighted by Gasteiger charge is 2.37. The summed E-state index contributed by atoms with van der Waals surface area (Å²) >= 11 is 0. The molecule has 0 amide bonds. The minimum Gasteiger partial charge on any atom is -0.325 e. The van der Waals surface area contributed by atoms with Crippen molar-refractivity contribution in [1.82, 2.24) is 4.90 Å². The van der Waals surface area contributed by atoms with Crippen LogP contribution in [0.3, 0.4) is 0 Å². The van der Waals surface area contributed by atoms with Gasteiger partial charge >= 0.3 is 0 Å². The SMILES string of the molecule is CN1CCC(N)(CC(C)(F)F)CC1. The van der Waals surface area contributed by atoms with Gasteiger partial charge in [-0.1, -0.05) is 0 Å². The van der Waals surface area contributed by atoms with E-state index in [1.807, 2.05) is 7.05 Å². The Morgan fingerprint density at radius 2 is 1.85 bits per heavy atom. The Bertz CT molecular complexity index is 169. The van der Waals surface area contributed by atoms with Gasteiger partial charge in [0.25, 0.3) is 0 Å². The molecule has 1 aliphatic rings. The average Bonchev–Trinajstić information content (AvgIpc) is 1.92. The van der Waals surface area contributed by atoms with Gasteiger partial charge in [0.15, 0.2) is 0 Å². The fourth-order valence-corrected chi connectivity index (χ4v) is 1.86. The normalized spacial score (nSPS) is 24.7. The van der Waals surface area contributed by atoms with E-state index >= 15 is 0 Å². The molecule has 1 saturated heterocycles. The highest BCUT2D eigenvalue weighted by molar-refractivity contribution is 4.92. The minimum atomic E-state index is -2.63. The van der Waals surface area contributed by atoms with E-state index in [0.717, 1.165) is 20.0 Å². The maximum atomic E-state index is 12.8. The van der Waals surface area contributed by atoms with Crippen molar-refractivity contribution in [1.29, 1.82) is 0 Å². The molecule has 0 aromatic carbocycles. The molecule has 1 heterocycles. The van der Waals surface area contributed by atoms with Gasteiger partial charge in [-0.3, -0.25) is 0 Å². The predicted octanol–water partition coefficient (Wildman–Crippen LogP) is 1.45. The quantitative estimate of drug-likeness (QED) is 0.717. The maximum Gasteiger partial charge on any atom is 0.247 e. The molecule has 1 fully saturated rings. The van der Waals surface area contributed by atoms with Crippen LogP contribution >= 0.6 is 0 Å². The molecule has 0 spiro atoms. The van der Waals surface area contributed by atoms with Crippen LogP contribution in [0.25, 0.3) is 0 Å². The molecule has 0 radical (unpaired) electrons. The molecular weight excluding hydrogens is 174 g/mol. The zero-order chi connectivity index (χ0) is 10.1. The number of hydrogen-bond donors (Lipinski definition) is 1. The first-order valence-electron chi connectivity index (χ1n) is 4.66. The molecule has 2 N–H and O–H groups in total. The molecule has 0 aliphatic carbocycles. The van der Waals surface area contributed by atoms with E-state index < -0.39 is 11.5 Å². The number of nitrogens with two attached hydrogens (primary N) is 1. The summed E-state index contributed by atoms with van der Waals surface area (Å²) in [6, 6.07) is 0. The van der Waals surface area contributed by atoms with Gasteiger partial charge in [0.2, 0.25) is 5.92 Å². The number of hydrogen-bond acceptors (Lipinski definition) is 2. The molecule has 1 aliphatic heterocycles. The third-order valence-corrected chi connectivity index (χ3v) is 2.65. The number of halogens is 2. The highest BCUT2D eigenvalue weighted by Crippen LogP contribution is 2.30. The van der Waals surface area contributed by atoms with Crippen LogP contribution in [0.5, 0.6) is 0 Å². The smallest absolute Gasteiger partial charge is 0.247 e. The Morgan fingerprint density at radius 1 is 1.38 bits per heavy atom. The van der Waals surface area contributed by atoms with Gasteiger partial charge in [-0.25, -0.2) is 8.78 Å². The standard InChI is InChI=1S/C9H18F2N2/c1-8(10,11)7-9(12)3-5-13(2)6-4-9/h3-7,12H2,1-2H3. The second kappa shape index (κ2) is 3.50. The molecule has 0 aromatic rings. The summed E-state index contributed by atoms with van der Waals surface area (Å²) < 4.78 is 25.5. The lowest BCUT2D eigenvalue weighted by Gasteiger charge is -2.39. The van der Waals surface area contributed by atoms with Gasteiger partial charge < -0.3 is 10.6 Å². The molecule has 1 rings (SSSR count). The lowest BCUT2D eigenvalue weighted by molar-refractivity contribution is -0.0197. The van der Waals surface area contributed by atoms with Crippen molar-refractivity contribution in [2.75, 3.05) is 20.1 Å². The zero-order valence-corrected chi connectivity index (χ0v) is 8.32. The Labute approximate surface area is 78.1 Å². The third kappa shape index (κ3) is 3.56. The Balaban J connectivity index is 2.48. The van der Waals surface area contributed by atoms with Crippen molar-refractivity contribution >= 4 is 0 Å². The second-order valence-corrected chi connectivity index (χ2v) is 4.41. The molecule has 0 saturated carbocycles. The van der Waals surface area contributed by atoms with Gasteiger partial charge in [-0.2, -0.15) is 0 Å². The Kier molecular flexibility index (Phi) is 2.92. The van der Waals surface area contributed by atoms with E-state index in [-0.39, 0.29) is 6.42 Å². The summed E-state index contributed by atoms with van der Waals surface area (Å²) in [6.45, 7) is 2.60. The number of alkyl halides is 2. The van der Waals surface area contributed by atoms with Crippen LogP contribution in [0.15, 0.2) is 0 Å². The summed E-state index contributed by atoms with van der Waals surface area (Å²) in [5.41, 5.74) is 5.25. The number of piperidine rings is 1. The summed E-state index contributed by atoms with van der Waals surface area (Å²) in [6.07, 6.45) is 1.16. The fourth-order valence-electron chi connectivity index (χ4n) is 1.86. The van der Waals surface area contributed by atoms with Crippen LogP contribution in [-0.2, 0) is 0 Å². The summed E-state index contributed by atoms with van der Waals surface area (Å²) in [7, 11) is 1.99. The summed E-state index contributed by atoms with van der Waals surface area (Å²) in [4.78, 5) is 2.12. The van der Waals surface area contributed by atoms with Crippen LogP contribution in [0.4, 0.5) is 8.78 Å². The van der Waals surface area contributed by atoms with Crippen molar-refractivity contribution in [2.45, 2.75) is 37.6 Å². The van der Waals surface area contributed by atoms with E-state index in [1.54, 1.807) is 0 Å². The molecule has 0 aromatic heterocycles. The van der Waals surface area contributed by atoms with Gasteiger partial charge in [0.05, 0.1) is 0 Å². The molecule has 2 nitrogen and oxygen atoms in total. The monoisotopic (exact) mass is 192 g/mol. The van der Waals surface area contributed by atoms with Crippen LogP contribution in [0, 0.1) is 0 Å². The van der Waals surface area contributed by atoms with Crippen LogP contribution in [0.1, 0.15) is 26.2 Å². The second-order valence-electron chi connectivity index (χ2n) is 4.41. The van der Waals surface area contributed by atoms with E-state index in [4.69, 9.17) is 5.73 Å². The van der Waals surface area contributed by atoms with Gasteiger partial charge in [0.1, 0.15) is 0 Å². The van der Waals surface area contributed by atoms with Crippen LogP contribution in [0.2, 0.25) is 0 Å². The molecule has 13 heavy (non-hydrogen) atoms. The van der Waals surface area contributed by atoms with E-state index in [0.29, 0.717) is 12.8 Å². The molecule has 4 heteroatoms. The van der Waals surface area contributed by atoms with Crippen molar-refractivity contribution in [2.24, 2.45) is 5.73 Å². The molecule has 78 valence electrons. The van der Waals surface area contributed by atoms with Crippen molar-refractivity contribution in [3.63, 3.8) is 0 Å². The van der Waals surface area contributed by atoms with E-state index in [9.17, 15) is 8.78 Å². The first-order chi connectivity index (χ1) is 5.81. The topological polar surface area (TPSA) is 29.3 Å². The lowest BCUT2D eigenvalue weighted by atomic mass is 9.83. The largest absolute Gasteiger partial charge is 0.325 e. The summed E-state index contributed by atoms with van der Waals surface area (Å²) in [5.74, 6) is -2.63. The van der Waals surface area contributed by atoms with Crippen molar-refractivity contribution in [3.8, 4) is 0 Å². The molecule has 0 atom stereocenters. The Hall–Kier alpha value is -0.220. The van der Waals surface area contributed by atoms with Crippen LogP contribution < -0.4 is 5.73 Å². The maximum absolute atomic E-state index is 12.8. The van der Waals surface area contributed by atoms with Crippen molar-refractivity contribution in [3.05, 3.63) is 0 Å². The highest BCUT2D eigenvalue weighted by atomic mass is 19.3. The Morgan fingerprint density at radius 3 is 2.23 bits per heavy atom. The first-order valence-corrected chi connectivity index (χ1v) is 4.66.